The Labute approximate surface area is 356 Å². The summed E-state index contributed by atoms with van der Waals surface area (Å²) in [6, 6.07) is 6.85. The van der Waals surface area contributed by atoms with Gasteiger partial charge in [0.1, 0.15) is 29.5 Å². The van der Waals surface area contributed by atoms with Crippen molar-refractivity contribution in [1.29, 1.82) is 0 Å². The Kier molecular flexibility index (Phi) is 18.7. The second-order valence-corrected chi connectivity index (χ2v) is 17.9. The molecule has 1 aromatic rings. The number of esters is 2. The molecule has 0 bridgehead atoms. The lowest BCUT2D eigenvalue weighted by atomic mass is 9.85. The van der Waals surface area contributed by atoms with E-state index in [4.69, 9.17) is 35.3 Å². The van der Waals surface area contributed by atoms with Crippen molar-refractivity contribution in [2.75, 3.05) is 20.2 Å². The molecular formula is C45H69ClN2O11. The fourth-order valence-electron chi connectivity index (χ4n) is 7.66. The molecule has 0 saturated carbocycles. The summed E-state index contributed by atoms with van der Waals surface area (Å²) in [7, 11) is 1.68. The predicted octanol–water partition coefficient (Wildman–Crippen LogP) is 6.45. The van der Waals surface area contributed by atoms with E-state index in [0.29, 0.717) is 23.7 Å². The van der Waals surface area contributed by atoms with Crippen molar-refractivity contribution in [1.82, 2.24) is 10.2 Å². The number of allylic oxidation sites excluding steroid dienone is 2. The Hall–Kier alpha value is -3.30. The Morgan fingerprint density at radius 1 is 1.14 bits per heavy atom. The molecule has 332 valence electrons. The van der Waals surface area contributed by atoms with Gasteiger partial charge in [0.05, 0.1) is 36.4 Å². The monoisotopic (exact) mass is 848 g/mol. The molecule has 0 aromatic heterocycles. The van der Waals surface area contributed by atoms with Gasteiger partial charge < -0.3 is 44.3 Å². The van der Waals surface area contributed by atoms with Crippen LogP contribution in [0.2, 0.25) is 5.02 Å². The van der Waals surface area contributed by atoms with Gasteiger partial charge in [-0.2, -0.15) is 0 Å². The SMILES string of the molecule is CC[C@H](OC)[C@@H](C)[C@H]1O[C@@H]1C(N(CCNC(=O)OC(C)(C)C)Cc1ccc(Cl)cc1)C(C)(O)/C=C/C=C(\C)C1OC(=O)C[C@H](O)CC[C@@](C)(O)[C@@H](OC(C)=O)/C=C/[C@@H]1C. The second-order valence-electron chi connectivity index (χ2n) is 17.5. The number of ether oxygens (including phenoxy) is 5. The van der Waals surface area contributed by atoms with Crippen LogP contribution in [0, 0.1) is 11.8 Å². The molecule has 0 aliphatic carbocycles. The van der Waals surface area contributed by atoms with E-state index < -0.39 is 71.2 Å². The van der Waals surface area contributed by atoms with Crippen LogP contribution < -0.4 is 5.32 Å². The van der Waals surface area contributed by atoms with Crippen LogP contribution in [0.4, 0.5) is 4.79 Å². The molecule has 1 amide bonds. The van der Waals surface area contributed by atoms with Crippen molar-refractivity contribution < 1.29 is 53.4 Å². The highest BCUT2D eigenvalue weighted by molar-refractivity contribution is 6.30. The van der Waals surface area contributed by atoms with E-state index in [1.54, 1.807) is 72.1 Å². The minimum absolute atomic E-state index is 0.0182. The molecule has 1 fully saturated rings. The number of aliphatic hydroxyl groups excluding tert-OH is 1. The first-order valence-corrected chi connectivity index (χ1v) is 21.0. The van der Waals surface area contributed by atoms with Gasteiger partial charge in [-0.15, -0.1) is 0 Å². The van der Waals surface area contributed by atoms with Crippen molar-refractivity contribution in [3.05, 3.63) is 70.8 Å². The van der Waals surface area contributed by atoms with E-state index in [9.17, 15) is 29.7 Å². The van der Waals surface area contributed by atoms with E-state index >= 15 is 0 Å². The number of cyclic esters (lactones) is 1. The van der Waals surface area contributed by atoms with Crippen LogP contribution in [0.15, 0.2) is 60.2 Å². The molecule has 59 heavy (non-hydrogen) atoms. The van der Waals surface area contributed by atoms with Crippen LogP contribution >= 0.6 is 11.6 Å². The van der Waals surface area contributed by atoms with E-state index in [1.165, 1.54) is 13.8 Å². The normalized spacial score (nSPS) is 28.9. The van der Waals surface area contributed by atoms with Gasteiger partial charge in [-0.3, -0.25) is 14.5 Å². The van der Waals surface area contributed by atoms with Crippen molar-refractivity contribution in [3.63, 3.8) is 0 Å². The average Bonchev–Trinajstić information content (AvgIpc) is 3.91. The summed E-state index contributed by atoms with van der Waals surface area (Å²) < 4.78 is 29.1. The molecule has 11 atom stereocenters. The van der Waals surface area contributed by atoms with Crippen molar-refractivity contribution in [3.8, 4) is 0 Å². The molecular weight excluding hydrogens is 780 g/mol. The number of alkyl carbamates (subject to hydrolysis) is 1. The molecule has 1 saturated heterocycles. The van der Waals surface area contributed by atoms with Gasteiger partial charge in [0.25, 0.3) is 0 Å². The summed E-state index contributed by atoms with van der Waals surface area (Å²) in [6.45, 7) is 18.6. The molecule has 0 spiro atoms. The van der Waals surface area contributed by atoms with Gasteiger partial charge in [0.2, 0.25) is 0 Å². The molecule has 1 aromatic carbocycles. The number of hydrogen-bond donors (Lipinski definition) is 4. The third-order valence-electron chi connectivity index (χ3n) is 10.9. The molecule has 13 nitrogen and oxygen atoms in total. The predicted molar refractivity (Wildman–Crippen MR) is 227 cm³/mol. The van der Waals surface area contributed by atoms with E-state index in [1.807, 2.05) is 31.2 Å². The van der Waals surface area contributed by atoms with Gasteiger partial charge in [0.15, 0.2) is 0 Å². The number of aliphatic hydroxyl groups is 3. The molecule has 3 unspecified atom stereocenters. The molecule has 2 heterocycles. The van der Waals surface area contributed by atoms with Crippen LogP contribution in [0.5, 0.6) is 0 Å². The minimum atomic E-state index is -1.51. The third kappa shape index (κ3) is 15.9. The zero-order valence-corrected chi connectivity index (χ0v) is 37.5. The number of benzene rings is 1. The minimum Gasteiger partial charge on any atom is -0.457 e. The van der Waals surface area contributed by atoms with Crippen molar-refractivity contribution in [2.45, 2.75) is 161 Å². The van der Waals surface area contributed by atoms with Crippen LogP contribution in [-0.4, -0.2) is 118 Å². The Balaban J connectivity index is 2.02. The number of rotatable bonds is 16. The van der Waals surface area contributed by atoms with Gasteiger partial charge in [-0.1, -0.05) is 68.8 Å². The topological polar surface area (TPSA) is 177 Å². The van der Waals surface area contributed by atoms with Gasteiger partial charge in [-0.05, 0) is 90.2 Å². The summed E-state index contributed by atoms with van der Waals surface area (Å²) in [5.41, 5.74) is -2.10. The van der Waals surface area contributed by atoms with Crippen molar-refractivity contribution in [2.24, 2.45) is 11.8 Å². The molecule has 2 aliphatic rings. The summed E-state index contributed by atoms with van der Waals surface area (Å²) >= 11 is 6.24. The Morgan fingerprint density at radius 2 is 1.80 bits per heavy atom. The van der Waals surface area contributed by atoms with Gasteiger partial charge in [0, 0.05) is 50.5 Å². The second kappa shape index (κ2) is 22.0. The third-order valence-corrected chi connectivity index (χ3v) is 11.2. The summed E-state index contributed by atoms with van der Waals surface area (Å²) in [5.74, 6) is -1.59. The lowest BCUT2D eigenvalue weighted by Gasteiger charge is -2.39. The zero-order chi connectivity index (χ0) is 44.3. The molecule has 14 heteroatoms. The first kappa shape index (κ1) is 50.1. The number of carbonyl (C=O) groups excluding carboxylic acids is 3. The highest BCUT2D eigenvalue weighted by Crippen LogP contribution is 2.41. The number of halogens is 1. The van der Waals surface area contributed by atoms with E-state index in [0.717, 1.165) is 12.0 Å². The molecule has 2 aliphatic heterocycles. The fourth-order valence-corrected chi connectivity index (χ4v) is 7.79. The lowest BCUT2D eigenvalue weighted by Crippen LogP contribution is -2.55. The van der Waals surface area contributed by atoms with Crippen LogP contribution in [0.25, 0.3) is 0 Å². The molecule has 3 rings (SSSR count). The first-order valence-electron chi connectivity index (χ1n) is 20.6. The number of methoxy groups -OCH3 is 1. The zero-order valence-electron chi connectivity index (χ0n) is 36.8. The van der Waals surface area contributed by atoms with Crippen LogP contribution in [0.1, 0.15) is 100 Å². The highest BCUT2D eigenvalue weighted by atomic mass is 35.5. The number of amides is 1. The lowest BCUT2D eigenvalue weighted by molar-refractivity contribution is -0.157. The maximum Gasteiger partial charge on any atom is 0.407 e. The average molecular weight is 850 g/mol. The number of hydrogen-bond acceptors (Lipinski definition) is 12. The Morgan fingerprint density at radius 3 is 2.39 bits per heavy atom. The number of nitrogens with zero attached hydrogens (tertiary/aromatic N) is 1. The standard InChI is InChI=1S/C45H69ClN2O11/c1-12-35(55-11)30(4)39-40(58-39)41(48(27-32-16-18-33(46)19-17-32)25-24-47-42(52)59-43(6,7)8)45(10,54)22-13-14-28(2)38-29(3)15-20-36(56-31(5)49)44(9,53)23-21-34(50)26-37(51)57-38/h13-20,22,29-30,34-36,38-41,50,53-54H,12,21,23-27H2,1-11H3,(H,47,52)/b20-15+,22-13+,28-14+/t29-,30+,34+,35-,36-,38?,39+,40-,41?,44+,45?/m0/s1. The summed E-state index contributed by atoms with van der Waals surface area (Å²) in [5, 5.41) is 37.8. The maximum atomic E-state index is 13.1. The van der Waals surface area contributed by atoms with Gasteiger partial charge >= 0.3 is 18.0 Å². The van der Waals surface area contributed by atoms with Gasteiger partial charge in [-0.25, -0.2) is 4.79 Å². The first-order chi connectivity index (χ1) is 27.5. The largest absolute Gasteiger partial charge is 0.457 e. The number of carbonyl (C=O) groups is 3. The number of nitrogens with one attached hydrogen (secondary N) is 1. The summed E-state index contributed by atoms with van der Waals surface area (Å²) in [6.07, 6.45) is 5.06. The van der Waals surface area contributed by atoms with Crippen LogP contribution in [-0.2, 0) is 39.8 Å². The summed E-state index contributed by atoms with van der Waals surface area (Å²) in [4.78, 5) is 39.8. The van der Waals surface area contributed by atoms with E-state index in [-0.39, 0.29) is 43.9 Å². The highest BCUT2D eigenvalue weighted by Gasteiger charge is 2.56. The van der Waals surface area contributed by atoms with Crippen LogP contribution in [0.3, 0.4) is 0 Å². The number of epoxide rings is 1. The molecule has 4 N–H and O–H groups in total. The van der Waals surface area contributed by atoms with E-state index in [2.05, 4.69) is 24.1 Å². The quantitative estimate of drug-likeness (QED) is 0.0471. The fraction of sp³-hybridized carbons (Fsp3) is 0.667. The van der Waals surface area contributed by atoms with Crippen molar-refractivity contribution >= 4 is 29.6 Å². The Bertz CT molecular complexity index is 1620. The molecule has 0 radical (unpaired) electrons. The smallest absolute Gasteiger partial charge is 0.407 e. The maximum absolute atomic E-state index is 13.1.